The van der Waals surface area contributed by atoms with Crippen molar-refractivity contribution >= 4 is 5.97 Å². The Hall–Kier alpha value is -3.75. The quantitative estimate of drug-likeness (QED) is 0.293. The van der Waals surface area contributed by atoms with E-state index in [9.17, 15) is 9.90 Å². The zero-order chi connectivity index (χ0) is 35.4. The summed E-state index contributed by atoms with van der Waals surface area (Å²) in [5, 5.41) is 12.0. The van der Waals surface area contributed by atoms with Crippen LogP contribution in [-0.4, -0.2) is 85.9 Å². The Kier molecular flexibility index (Phi) is 10.9. The molecular weight excluding hydrogens is 668 g/mol. The van der Waals surface area contributed by atoms with Gasteiger partial charge in [-0.05, 0) is 24.1 Å². The summed E-state index contributed by atoms with van der Waals surface area (Å²) in [7, 11) is 0. The zero-order valence-corrected chi connectivity index (χ0v) is 28.8. The van der Waals surface area contributed by atoms with Gasteiger partial charge < -0.3 is 47.7 Å². The van der Waals surface area contributed by atoms with Gasteiger partial charge in [0.25, 0.3) is 0 Å². The van der Waals surface area contributed by atoms with Crippen molar-refractivity contribution in [1.82, 2.24) is 0 Å². The monoisotopic (exact) mass is 712 g/mol. The summed E-state index contributed by atoms with van der Waals surface area (Å²) in [5.74, 6) is -1.05. The van der Waals surface area contributed by atoms with Crippen molar-refractivity contribution in [1.29, 1.82) is 0 Å². The average molecular weight is 713 g/mol. The fraction of sp³-hybridized carbons (Fsp3) is 0.439. The molecule has 5 aliphatic rings. The van der Waals surface area contributed by atoms with E-state index in [0.717, 1.165) is 17.5 Å². The van der Waals surface area contributed by atoms with Crippen LogP contribution in [0.5, 0.6) is 0 Å². The van der Waals surface area contributed by atoms with E-state index < -0.39 is 79.8 Å². The van der Waals surface area contributed by atoms with E-state index in [1.807, 2.05) is 98.0 Å². The molecule has 1 aliphatic carbocycles. The fourth-order valence-corrected chi connectivity index (χ4v) is 7.40. The number of hydrogen-bond donors (Lipinski definition) is 1. The maximum absolute atomic E-state index is 13.5. The largest absolute Gasteiger partial charge is 0.450 e. The molecule has 13 atom stereocenters. The Morgan fingerprint density at radius 1 is 0.769 bits per heavy atom. The van der Waals surface area contributed by atoms with Gasteiger partial charge in [-0.3, -0.25) is 0 Å². The van der Waals surface area contributed by atoms with Crippen molar-refractivity contribution < 1.29 is 52.5 Å². The van der Waals surface area contributed by atoms with Crippen molar-refractivity contribution in [3.63, 3.8) is 0 Å². The second-order valence-corrected chi connectivity index (χ2v) is 13.8. The van der Waals surface area contributed by atoms with Crippen molar-refractivity contribution in [2.75, 3.05) is 13.2 Å². The number of allylic oxidation sites excluding steroid dienone is 3. The minimum atomic E-state index is -1.30. The number of rotatable bonds is 9. The van der Waals surface area contributed by atoms with Gasteiger partial charge in [-0.25, -0.2) is 4.79 Å². The molecule has 11 nitrogen and oxygen atoms in total. The van der Waals surface area contributed by atoms with Gasteiger partial charge in [0.2, 0.25) is 0 Å². The van der Waals surface area contributed by atoms with E-state index in [0.29, 0.717) is 12.2 Å². The van der Waals surface area contributed by atoms with Crippen LogP contribution in [0.3, 0.4) is 0 Å². The third kappa shape index (κ3) is 7.65. The highest BCUT2D eigenvalue weighted by atomic mass is 16.8. The van der Waals surface area contributed by atoms with Gasteiger partial charge in [0, 0.05) is 17.4 Å². The Morgan fingerprint density at radius 2 is 1.46 bits per heavy atom. The van der Waals surface area contributed by atoms with Crippen molar-refractivity contribution in [2.24, 2.45) is 11.8 Å². The third-order valence-corrected chi connectivity index (χ3v) is 10.2. The number of aliphatic hydroxyl groups is 1. The molecule has 0 radical (unpaired) electrons. The highest BCUT2D eigenvalue weighted by molar-refractivity contribution is 5.89. The highest BCUT2D eigenvalue weighted by Gasteiger charge is 2.56. The van der Waals surface area contributed by atoms with Crippen molar-refractivity contribution in [3.8, 4) is 0 Å². The normalized spacial score (nSPS) is 37.1. The van der Waals surface area contributed by atoms with Crippen molar-refractivity contribution in [2.45, 2.75) is 87.8 Å². The van der Waals surface area contributed by atoms with E-state index in [-0.39, 0.29) is 19.1 Å². The molecule has 3 aromatic rings. The predicted octanol–water partition coefficient (Wildman–Crippen LogP) is 5.25. The van der Waals surface area contributed by atoms with Crippen LogP contribution in [0.25, 0.3) is 0 Å². The van der Waals surface area contributed by atoms with E-state index >= 15 is 0 Å². The number of carbonyl (C=O) groups excluding carboxylic acids is 1. The number of benzene rings is 3. The molecular formula is C41H44O11. The first-order chi connectivity index (χ1) is 25.5. The molecule has 8 rings (SSSR count). The van der Waals surface area contributed by atoms with E-state index in [4.69, 9.17) is 42.6 Å². The summed E-state index contributed by atoms with van der Waals surface area (Å²) in [6, 6.07) is 28.1. The molecule has 0 saturated carbocycles. The summed E-state index contributed by atoms with van der Waals surface area (Å²) in [6.07, 6.45) is -0.396. The smallest absolute Gasteiger partial charge is 0.338 e. The number of carbonyl (C=O) groups is 1. The molecule has 7 unspecified atom stereocenters. The SMILES string of the molecule is CC1[C@H](OCc2ccccc2)OC2COC(c3ccccc3)O[C@H]2[C@@H]1O[C@@H]1OC2COC(C3C=CC=CC3)O[C@H]2[C@H](O)C1OC(=O)c1ccccc1. The first-order valence-electron chi connectivity index (χ1n) is 18.0. The molecule has 1 N–H and O–H groups in total. The molecule has 0 aromatic heterocycles. The molecule has 4 aliphatic heterocycles. The molecule has 0 amide bonds. The third-order valence-electron chi connectivity index (χ3n) is 10.2. The maximum atomic E-state index is 13.5. The molecule has 4 saturated heterocycles. The Morgan fingerprint density at radius 3 is 2.21 bits per heavy atom. The molecule has 52 heavy (non-hydrogen) atoms. The van der Waals surface area contributed by atoms with E-state index in [1.165, 1.54) is 0 Å². The van der Waals surface area contributed by atoms with Crippen LogP contribution in [-0.2, 0) is 49.2 Å². The lowest BCUT2D eigenvalue weighted by Gasteiger charge is -2.52. The summed E-state index contributed by atoms with van der Waals surface area (Å²) in [6.45, 7) is 2.65. The Bertz CT molecular complexity index is 1670. The van der Waals surface area contributed by atoms with Crippen LogP contribution in [0.4, 0.5) is 0 Å². The lowest BCUT2D eigenvalue weighted by atomic mass is 9.90. The molecule has 0 bridgehead atoms. The lowest BCUT2D eigenvalue weighted by Crippen LogP contribution is -2.67. The number of hydrogen-bond acceptors (Lipinski definition) is 11. The summed E-state index contributed by atoms with van der Waals surface area (Å²) in [5.41, 5.74) is 2.17. The minimum Gasteiger partial charge on any atom is -0.450 e. The molecule has 4 heterocycles. The maximum Gasteiger partial charge on any atom is 0.338 e. The number of esters is 1. The fourth-order valence-electron chi connectivity index (χ4n) is 7.40. The van der Waals surface area contributed by atoms with Gasteiger partial charge in [0.1, 0.15) is 30.5 Å². The van der Waals surface area contributed by atoms with Gasteiger partial charge in [0.15, 0.2) is 31.3 Å². The number of aliphatic hydroxyl groups excluding tert-OH is 1. The molecule has 4 fully saturated rings. The van der Waals surface area contributed by atoms with Gasteiger partial charge >= 0.3 is 5.97 Å². The Labute approximate surface area is 303 Å². The standard InChI is InChI=1S/C41H44O11/c1-25-33(35-31(24-46-40(52-35)29-20-12-5-13-21-29)47-38(25)44-22-26-14-6-2-7-15-26)50-41-36(49-37(43)27-16-8-3-9-17-27)32(42)34-30(48-41)23-45-39(51-34)28-18-10-4-11-19-28/h2-18,20-21,25,28,30-36,38-42H,19,22-24H2,1H3/t25?,28?,30?,31?,32-,33+,34+,35+,36?,38+,39?,40?,41-/m0/s1. The van der Waals surface area contributed by atoms with Gasteiger partial charge in [0.05, 0.1) is 31.5 Å². The van der Waals surface area contributed by atoms with Crippen LogP contribution < -0.4 is 0 Å². The molecule has 11 heteroatoms. The van der Waals surface area contributed by atoms with Crippen LogP contribution >= 0.6 is 0 Å². The van der Waals surface area contributed by atoms with Crippen LogP contribution in [0.1, 0.15) is 41.1 Å². The molecule has 0 spiro atoms. The molecule has 274 valence electrons. The van der Waals surface area contributed by atoms with Crippen LogP contribution in [0.2, 0.25) is 0 Å². The summed E-state index contributed by atoms with van der Waals surface area (Å²) < 4.78 is 57.5. The van der Waals surface area contributed by atoms with Crippen molar-refractivity contribution in [3.05, 3.63) is 132 Å². The van der Waals surface area contributed by atoms with E-state index in [2.05, 4.69) is 0 Å². The first-order valence-corrected chi connectivity index (χ1v) is 18.0. The number of fused-ring (bicyclic) bond motifs is 2. The average Bonchev–Trinajstić information content (AvgIpc) is 3.20. The highest BCUT2D eigenvalue weighted by Crippen LogP contribution is 2.41. The first kappa shape index (κ1) is 35.3. The van der Waals surface area contributed by atoms with Gasteiger partial charge in [-0.2, -0.15) is 0 Å². The van der Waals surface area contributed by atoms with Crippen LogP contribution in [0, 0.1) is 11.8 Å². The summed E-state index contributed by atoms with van der Waals surface area (Å²) >= 11 is 0. The van der Waals surface area contributed by atoms with E-state index in [1.54, 1.807) is 24.3 Å². The number of ether oxygens (including phenoxy) is 9. The minimum absolute atomic E-state index is 0.0338. The Balaban J connectivity index is 1.07. The summed E-state index contributed by atoms with van der Waals surface area (Å²) in [4.78, 5) is 13.5. The topological polar surface area (TPSA) is 120 Å². The second-order valence-electron chi connectivity index (χ2n) is 13.8. The predicted molar refractivity (Wildman–Crippen MR) is 185 cm³/mol. The second kappa shape index (κ2) is 16.1. The van der Waals surface area contributed by atoms with Gasteiger partial charge in [-0.1, -0.05) is 110 Å². The zero-order valence-electron chi connectivity index (χ0n) is 28.8. The molecule has 3 aromatic carbocycles. The van der Waals surface area contributed by atoms with Crippen LogP contribution in [0.15, 0.2) is 115 Å². The van der Waals surface area contributed by atoms with Gasteiger partial charge in [-0.15, -0.1) is 0 Å². The lowest BCUT2D eigenvalue weighted by molar-refractivity contribution is -0.399.